The number of carbonyl (C=O) groups is 1. The van der Waals surface area contributed by atoms with Gasteiger partial charge >= 0.3 is 0 Å². The molecular weight excluding hydrogens is 522 g/mol. The van der Waals surface area contributed by atoms with Crippen LogP contribution in [0.1, 0.15) is 23.2 Å². The first-order valence-corrected chi connectivity index (χ1v) is 14.0. The predicted octanol–water partition coefficient (Wildman–Crippen LogP) is 3.60. The van der Waals surface area contributed by atoms with Crippen molar-refractivity contribution in [2.24, 2.45) is 5.73 Å². The molecule has 0 fully saturated rings. The Kier molecular flexibility index (Phi) is 8.11. The molecule has 0 aliphatic carbocycles. The van der Waals surface area contributed by atoms with Crippen LogP contribution in [0.15, 0.2) is 58.8 Å². The summed E-state index contributed by atoms with van der Waals surface area (Å²) in [5, 5.41) is 14.4. The molecule has 4 rings (SSSR count). The van der Waals surface area contributed by atoms with Crippen LogP contribution < -0.4 is 10.5 Å². The van der Waals surface area contributed by atoms with Gasteiger partial charge in [0, 0.05) is 6.42 Å². The molecule has 0 amide bonds. The van der Waals surface area contributed by atoms with Gasteiger partial charge in [0.15, 0.2) is 15.6 Å². The van der Waals surface area contributed by atoms with Crippen LogP contribution in [-0.4, -0.2) is 48.8 Å². The van der Waals surface area contributed by atoms with Gasteiger partial charge in [0.2, 0.25) is 0 Å². The third-order valence-electron chi connectivity index (χ3n) is 5.81. The second kappa shape index (κ2) is 11.1. The van der Waals surface area contributed by atoms with Crippen molar-refractivity contribution in [2.75, 3.05) is 13.7 Å². The van der Waals surface area contributed by atoms with Crippen LogP contribution in [0.25, 0.3) is 10.9 Å². The maximum Gasteiger partial charge on any atom is 0.193 e. The van der Waals surface area contributed by atoms with E-state index in [1.807, 2.05) is 36.4 Å². The molecular formula is C25H26ClN3O5S2. The number of aliphatic hydroxyl groups excluding tert-OH is 1. The van der Waals surface area contributed by atoms with Crippen molar-refractivity contribution in [3.05, 3.63) is 75.8 Å². The summed E-state index contributed by atoms with van der Waals surface area (Å²) >= 11 is 6.98. The molecule has 3 N–H and O–H groups in total. The Hall–Kier alpha value is -2.76. The number of rotatable bonds is 11. The monoisotopic (exact) mass is 547 g/mol. The fourth-order valence-corrected chi connectivity index (χ4v) is 6.84. The molecule has 36 heavy (non-hydrogen) atoms. The van der Waals surface area contributed by atoms with E-state index in [0.29, 0.717) is 34.1 Å². The number of aliphatic hydroxyl groups is 1. The van der Waals surface area contributed by atoms with Crippen LogP contribution in [0.4, 0.5) is 0 Å². The quantitative estimate of drug-likeness (QED) is 0.294. The fraction of sp³-hybridized carbons (Fsp3) is 0.280. The van der Waals surface area contributed by atoms with E-state index in [1.165, 1.54) is 13.2 Å². The zero-order valence-corrected chi connectivity index (χ0v) is 21.9. The van der Waals surface area contributed by atoms with E-state index in [1.54, 1.807) is 16.8 Å². The summed E-state index contributed by atoms with van der Waals surface area (Å²) in [7, 11) is -2.12. The Labute approximate surface area is 218 Å². The van der Waals surface area contributed by atoms with E-state index in [9.17, 15) is 13.2 Å². The van der Waals surface area contributed by atoms with Gasteiger partial charge in [-0.25, -0.2) is 8.42 Å². The van der Waals surface area contributed by atoms with Gasteiger partial charge in [0.25, 0.3) is 0 Å². The van der Waals surface area contributed by atoms with Crippen molar-refractivity contribution in [1.29, 1.82) is 0 Å². The summed E-state index contributed by atoms with van der Waals surface area (Å²) in [6.07, 6.45) is 0.739. The zero-order valence-electron chi connectivity index (χ0n) is 19.6. The summed E-state index contributed by atoms with van der Waals surface area (Å²) < 4.78 is 34.0. The molecule has 0 aliphatic heterocycles. The Morgan fingerprint density at radius 3 is 2.64 bits per heavy atom. The number of ether oxygens (including phenoxy) is 1. The van der Waals surface area contributed by atoms with Crippen molar-refractivity contribution in [3.8, 4) is 5.75 Å². The lowest BCUT2D eigenvalue weighted by atomic mass is 10.0. The zero-order chi connectivity index (χ0) is 25.9. The number of benzene rings is 2. The number of sulfone groups is 1. The molecule has 4 aromatic rings. The van der Waals surface area contributed by atoms with Gasteiger partial charge in [0.05, 0.1) is 47.2 Å². The topological polar surface area (TPSA) is 125 Å². The van der Waals surface area contributed by atoms with Crippen molar-refractivity contribution >= 4 is 49.5 Å². The van der Waals surface area contributed by atoms with Crippen molar-refractivity contribution in [2.45, 2.75) is 35.4 Å². The number of aryl methyl sites for hydroxylation is 1. The average Bonchev–Trinajstić information content (AvgIpc) is 3.46. The Bertz CT molecular complexity index is 1500. The van der Waals surface area contributed by atoms with E-state index < -0.39 is 15.9 Å². The molecule has 2 aromatic carbocycles. The Morgan fingerprint density at radius 1 is 1.19 bits per heavy atom. The fourth-order valence-electron chi connectivity index (χ4n) is 3.99. The number of hydrogen-bond acceptors (Lipinski definition) is 8. The van der Waals surface area contributed by atoms with Gasteiger partial charge in [-0.2, -0.15) is 5.10 Å². The maximum atomic E-state index is 13.1. The van der Waals surface area contributed by atoms with Crippen molar-refractivity contribution < 1.29 is 23.1 Å². The molecule has 190 valence electrons. The third-order valence-corrected chi connectivity index (χ3v) is 9.25. The SMILES string of the molecule is COc1cccc2c1c(CS(=O)(=O)c1ccc(Cl)s1)nn2Cc1cccc(CCC(=O)[C@H](N)CO)c1. The van der Waals surface area contributed by atoms with E-state index in [2.05, 4.69) is 5.10 Å². The van der Waals surface area contributed by atoms with Gasteiger partial charge in [-0.15, -0.1) is 11.3 Å². The van der Waals surface area contributed by atoms with E-state index in [0.717, 1.165) is 28.0 Å². The maximum absolute atomic E-state index is 13.1. The second-order valence-corrected chi connectivity index (χ2v) is 12.3. The van der Waals surface area contributed by atoms with Crippen LogP contribution in [0.2, 0.25) is 4.34 Å². The molecule has 2 heterocycles. The number of thiophene rings is 1. The number of hydrogen-bond donors (Lipinski definition) is 2. The minimum absolute atomic E-state index is 0.188. The molecule has 0 saturated heterocycles. The van der Waals surface area contributed by atoms with Crippen LogP contribution in [0.5, 0.6) is 5.75 Å². The smallest absolute Gasteiger partial charge is 0.193 e. The molecule has 11 heteroatoms. The molecule has 0 unspecified atom stereocenters. The van der Waals surface area contributed by atoms with Gasteiger partial charge in [-0.05, 0) is 41.8 Å². The van der Waals surface area contributed by atoms with Gasteiger partial charge in [-0.1, -0.05) is 41.9 Å². The highest BCUT2D eigenvalue weighted by molar-refractivity contribution is 7.92. The highest BCUT2D eigenvalue weighted by Crippen LogP contribution is 2.33. The molecule has 8 nitrogen and oxygen atoms in total. The largest absolute Gasteiger partial charge is 0.496 e. The standard InChI is InChI=1S/C25H26ClN3O5S2/c1-34-22-7-3-6-20-25(22)19(15-36(32,33)24-11-10-23(26)35-24)28-29(20)13-17-5-2-4-16(12-17)8-9-21(31)18(27)14-30/h2-7,10-12,18,30H,8-9,13-15,27H2,1H3/t18-/m1/s1. The molecule has 1 atom stereocenters. The van der Waals surface area contributed by atoms with Crippen molar-refractivity contribution in [1.82, 2.24) is 9.78 Å². The number of ketones is 1. The lowest BCUT2D eigenvalue weighted by Crippen LogP contribution is -2.34. The van der Waals surface area contributed by atoms with Gasteiger partial charge in [0.1, 0.15) is 15.7 Å². The number of Topliss-reactive ketones (excluding diaryl/α,β-unsaturated/α-hetero) is 1. The molecule has 0 radical (unpaired) electrons. The lowest BCUT2D eigenvalue weighted by molar-refractivity contribution is -0.121. The number of fused-ring (bicyclic) bond motifs is 1. The van der Waals surface area contributed by atoms with E-state index in [-0.39, 0.29) is 28.8 Å². The minimum atomic E-state index is -3.66. The third kappa shape index (κ3) is 5.79. The lowest BCUT2D eigenvalue weighted by Gasteiger charge is -2.09. The van der Waals surface area contributed by atoms with Crippen molar-refractivity contribution in [3.63, 3.8) is 0 Å². The normalized spacial score (nSPS) is 12.7. The van der Waals surface area contributed by atoms with Crippen LogP contribution in [-0.2, 0) is 33.4 Å². The first-order valence-electron chi connectivity index (χ1n) is 11.2. The predicted molar refractivity (Wildman–Crippen MR) is 140 cm³/mol. The molecule has 0 aliphatic rings. The number of halogens is 1. The first-order chi connectivity index (χ1) is 17.2. The summed E-state index contributed by atoms with van der Waals surface area (Å²) in [4.78, 5) is 12.0. The summed E-state index contributed by atoms with van der Waals surface area (Å²) in [5.41, 5.74) is 8.65. The Balaban J connectivity index is 1.64. The van der Waals surface area contributed by atoms with E-state index >= 15 is 0 Å². The van der Waals surface area contributed by atoms with Crippen LogP contribution >= 0.6 is 22.9 Å². The number of nitrogens with zero attached hydrogens (tertiary/aromatic N) is 2. The number of carbonyl (C=O) groups excluding carboxylic acids is 1. The average molecular weight is 548 g/mol. The molecule has 2 aromatic heterocycles. The van der Waals surface area contributed by atoms with Crippen LogP contribution in [0, 0.1) is 0 Å². The molecule has 0 saturated carbocycles. The van der Waals surface area contributed by atoms with Gasteiger partial charge in [-0.3, -0.25) is 9.48 Å². The highest BCUT2D eigenvalue weighted by atomic mass is 35.5. The number of aromatic nitrogens is 2. The van der Waals surface area contributed by atoms with Gasteiger partial charge < -0.3 is 15.6 Å². The molecule has 0 bridgehead atoms. The minimum Gasteiger partial charge on any atom is -0.496 e. The van der Waals surface area contributed by atoms with E-state index in [4.69, 9.17) is 27.2 Å². The summed E-state index contributed by atoms with van der Waals surface area (Å²) in [6, 6.07) is 15.5. The number of nitrogens with two attached hydrogens (primary N) is 1. The first kappa shape index (κ1) is 26.3. The Morgan fingerprint density at radius 2 is 1.94 bits per heavy atom. The molecule has 0 spiro atoms. The summed E-state index contributed by atoms with van der Waals surface area (Å²) in [6.45, 7) is 0.0266. The number of methoxy groups -OCH3 is 1. The highest BCUT2D eigenvalue weighted by Gasteiger charge is 2.24. The second-order valence-electron chi connectivity index (χ2n) is 8.35. The van der Waals surface area contributed by atoms with Crippen LogP contribution in [0.3, 0.4) is 0 Å². The summed E-state index contributed by atoms with van der Waals surface area (Å²) in [5.74, 6) is 0.0626.